The van der Waals surface area contributed by atoms with Crippen molar-refractivity contribution in [3.8, 4) is 0 Å². The first-order valence-electron chi connectivity index (χ1n) is 5.82. The number of aromatic nitrogens is 2. The molecule has 1 heterocycles. The Labute approximate surface area is 98.5 Å². The summed E-state index contributed by atoms with van der Waals surface area (Å²) < 4.78 is 3.41. The van der Waals surface area contributed by atoms with E-state index in [1.807, 2.05) is 12.1 Å². The van der Waals surface area contributed by atoms with Crippen LogP contribution in [0.25, 0.3) is 11.0 Å². The van der Waals surface area contributed by atoms with Crippen LogP contribution in [0.3, 0.4) is 0 Å². The van der Waals surface area contributed by atoms with Gasteiger partial charge in [-0.25, -0.2) is 4.79 Å². The van der Waals surface area contributed by atoms with Crippen molar-refractivity contribution in [3.05, 3.63) is 34.2 Å². The Balaban J connectivity index is 2.49. The summed E-state index contributed by atoms with van der Waals surface area (Å²) in [7, 11) is 1.76. The van der Waals surface area contributed by atoms with Crippen molar-refractivity contribution in [2.45, 2.75) is 25.8 Å². The van der Waals surface area contributed by atoms with Gasteiger partial charge in [0.1, 0.15) is 0 Å². The Morgan fingerprint density at radius 3 is 2.65 bits per heavy atom. The molecule has 0 saturated heterocycles. The number of benzene rings is 1. The van der Waals surface area contributed by atoms with E-state index >= 15 is 0 Å². The van der Waals surface area contributed by atoms with Gasteiger partial charge in [-0.1, -0.05) is 6.07 Å². The molecule has 0 unspecified atom stereocenters. The Morgan fingerprint density at radius 1 is 1.35 bits per heavy atom. The molecule has 0 spiro atoms. The molecule has 0 amide bonds. The maximum absolute atomic E-state index is 12.2. The average Bonchev–Trinajstić information content (AvgIpc) is 3.09. The maximum atomic E-state index is 12.2. The summed E-state index contributed by atoms with van der Waals surface area (Å²) in [5.74, 6) is 0.00981. The molecule has 2 aromatic rings. The molecular weight excluding hydrogens is 216 g/mol. The molecule has 0 aliphatic heterocycles. The summed E-state index contributed by atoms with van der Waals surface area (Å²) in [4.78, 5) is 23.8. The Kier molecular flexibility index (Phi) is 2.02. The van der Waals surface area contributed by atoms with Crippen molar-refractivity contribution < 1.29 is 4.79 Å². The van der Waals surface area contributed by atoms with Crippen molar-refractivity contribution in [2.75, 3.05) is 0 Å². The highest BCUT2D eigenvalue weighted by Crippen LogP contribution is 2.36. The number of hydrogen-bond donors (Lipinski definition) is 0. The molecule has 4 heteroatoms. The molecule has 4 nitrogen and oxygen atoms in total. The predicted molar refractivity (Wildman–Crippen MR) is 65.5 cm³/mol. The van der Waals surface area contributed by atoms with E-state index in [-0.39, 0.29) is 17.5 Å². The number of rotatable bonds is 2. The molecule has 0 N–H and O–H groups in total. The van der Waals surface area contributed by atoms with Crippen LogP contribution < -0.4 is 5.69 Å². The maximum Gasteiger partial charge on any atom is 0.329 e. The SMILES string of the molecule is CC(=O)c1cccc2c1n(C1CC1)c(=O)n2C. The molecule has 0 radical (unpaired) electrons. The number of ketones is 1. The summed E-state index contributed by atoms with van der Waals surface area (Å²) in [5, 5.41) is 0. The minimum atomic E-state index is -0.0174. The lowest BCUT2D eigenvalue weighted by atomic mass is 10.1. The van der Waals surface area contributed by atoms with Crippen LogP contribution in [-0.2, 0) is 7.05 Å². The number of carbonyl (C=O) groups is 1. The van der Waals surface area contributed by atoms with E-state index in [1.165, 1.54) is 0 Å². The van der Waals surface area contributed by atoms with Crippen molar-refractivity contribution in [1.82, 2.24) is 9.13 Å². The van der Waals surface area contributed by atoms with Gasteiger partial charge >= 0.3 is 5.69 Å². The quantitative estimate of drug-likeness (QED) is 0.739. The lowest BCUT2D eigenvalue weighted by Crippen LogP contribution is -2.21. The molecular formula is C13H14N2O2. The zero-order chi connectivity index (χ0) is 12.2. The number of carbonyl (C=O) groups excluding carboxylic acids is 1. The standard InChI is InChI=1S/C13H14N2O2/c1-8(16)10-4-3-5-11-12(10)15(9-6-7-9)13(17)14(11)2/h3-5,9H,6-7H2,1-2H3. The van der Waals surface area contributed by atoms with Gasteiger partial charge in [0.2, 0.25) is 0 Å². The molecule has 1 saturated carbocycles. The Bertz CT molecular complexity index is 675. The number of nitrogens with zero attached hydrogens (tertiary/aromatic N) is 2. The van der Waals surface area contributed by atoms with Gasteiger partial charge in [0.05, 0.1) is 11.0 Å². The minimum absolute atomic E-state index is 0.00981. The van der Waals surface area contributed by atoms with E-state index in [2.05, 4.69) is 0 Å². The fraction of sp³-hybridized carbons (Fsp3) is 0.385. The number of Topliss-reactive ketones (excluding diaryl/α,β-unsaturated/α-hetero) is 1. The van der Waals surface area contributed by atoms with Crippen molar-refractivity contribution >= 4 is 16.8 Å². The van der Waals surface area contributed by atoms with Crippen LogP contribution >= 0.6 is 0 Å². The monoisotopic (exact) mass is 230 g/mol. The van der Waals surface area contributed by atoms with Gasteiger partial charge in [0.15, 0.2) is 5.78 Å². The second-order valence-corrected chi connectivity index (χ2v) is 4.67. The van der Waals surface area contributed by atoms with Gasteiger partial charge in [-0.3, -0.25) is 13.9 Å². The van der Waals surface area contributed by atoms with Crippen LogP contribution in [-0.4, -0.2) is 14.9 Å². The molecule has 0 bridgehead atoms. The Hall–Kier alpha value is -1.84. The molecule has 1 aromatic heterocycles. The Morgan fingerprint density at radius 2 is 2.06 bits per heavy atom. The zero-order valence-corrected chi connectivity index (χ0v) is 9.93. The molecule has 1 fully saturated rings. The summed E-state index contributed by atoms with van der Waals surface area (Å²) in [6.07, 6.45) is 2.07. The lowest BCUT2D eigenvalue weighted by Gasteiger charge is -2.03. The van der Waals surface area contributed by atoms with Gasteiger partial charge in [0, 0.05) is 18.7 Å². The third-order valence-electron chi connectivity index (χ3n) is 3.40. The van der Waals surface area contributed by atoms with E-state index in [1.54, 1.807) is 29.2 Å². The van der Waals surface area contributed by atoms with Crippen LogP contribution in [0.5, 0.6) is 0 Å². The largest absolute Gasteiger partial charge is 0.329 e. The normalized spacial score (nSPS) is 15.4. The number of hydrogen-bond acceptors (Lipinski definition) is 2. The first-order chi connectivity index (χ1) is 8.11. The van der Waals surface area contributed by atoms with Gasteiger partial charge < -0.3 is 0 Å². The number of aryl methyl sites for hydroxylation is 1. The van der Waals surface area contributed by atoms with E-state index in [0.717, 1.165) is 23.9 Å². The van der Waals surface area contributed by atoms with Crippen molar-refractivity contribution in [2.24, 2.45) is 7.05 Å². The van der Waals surface area contributed by atoms with E-state index in [4.69, 9.17) is 0 Å². The van der Waals surface area contributed by atoms with Crippen LogP contribution in [0.2, 0.25) is 0 Å². The second kappa shape index (κ2) is 3.32. The van der Waals surface area contributed by atoms with Gasteiger partial charge in [-0.15, -0.1) is 0 Å². The minimum Gasteiger partial charge on any atom is -0.295 e. The molecule has 0 atom stereocenters. The van der Waals surface area contributed by atoms with E-state index in [9.17, 15) is 9.59 Å². The number of para-hydroxylation sites is 1. The second-order valence-electron chi connectivity index (χ2n) is 4.67. The fourth-order valence-corrected chi connectivity index (χ4v) is 2.37. The first kappa shape index (κ1) is 10.3. The van der Waals surface area contributed by atoms with Crippen LogP contribution in [0.15, 0.2) is 23.0 Å². The van der Waals surface area contributed by atoms with Crippen LogP contribution in [0, 0.1) is 0 Å². The first-order valence-corrected chi connectivity index (χ1v) is 5.82. The smallest absolute Gasteiger partial charge is 0.295 e. The predicted octanol–water partition coefficient (Wildman–Crippen LogP) is 1.88. The highest BCUT2D eigenvalue weighted by Gasteiger charge is 2.29. The topological polar surface area (TPSA) is 44.0 Å². The van der Waals surface area contributed by atoms with Crippen LogP contribution in [0.1, 0.15) is 36.2 Å². The molecule has 1 aromatic carbocycles. The highest BCUT2D eigenvalue weighted by molar-refractivity contribution is 6.05. The summed E-state index contributed by atoms with van der Waals surface area (Å²) in [6, 6.07) is 5.80. The fourth-order valence-electron chi connectivity index (χ4n) is 2.37. The van der Waals surface area contributed by atoms with Crippen molar-refractivity contribution in [1.29, 1.82) is 0 Å². The van der Waals surface area contributed by atoms with Crippen LogP contribution in [0.4, 0.5) is 0 Å². The lowest BCUT2D eigenvalue weighted by molar-refractivity contribution is 0.101. The average molecular weight is 230 g/mol. The molecule has 1 aliphatic rings. The van der Waals surface area contributed by atoms with E-state index in [0.29, 0.717) is 5.56 Å². The van der Waals surface area contributed by atoms with Gasteiger partial charge in [-0.05, 0) is 31.9 Å². The van der Waals surface area contributed by atoms with Gasteiger partial charge in [-0.2, -0.15) is 0 Å². The number of fused-ring (bicyclic) bond motifs is 1. The summed E-state index contributed by atoms with van der Waals surface area (Å²) in [6.45, 7) is 1.55. The van der Waals surface area contributed by atoms with E-state index < -0.39 is 0 Å². The highest BCUT2D eigenvalue weighted by atomic mass is 16.2. The zero-order valence-electron chi connectivity index (χ0n) is 9.93. The number of imidazole rings is 1. The summed E-state index contributed by atoms with van der Waals surface area (Å²) in [5.41, 5.74) is 2.27. The molecule has 17 heavy (non-hydrogen) atoms. The van der Waals surface area contributed by atoms with Gasteiger partial charge in [0.25, 0.3) is 0 Å². The van der Waals surface area contributed by atoms with Crippen molar-refractivity contribution in [3.63, 3.8) is 0 Å². The molecule has 88 valence electrons. The molecule has 1 aliphatic carbocycles. The molecule has 3 rings (SSSR count). The third-order valence-corrected chi connectivity index (χ3v) is 3.40. The third kappa shape index (κ3) is 1.37. The summed E-state index contributed by atoms with van der Waals surface area (Å²) >= 11 is 0.